The number of hydrogen-bond donors (Lipinski definition) is 1. The van der Waals surface area contributed by atoms with Gasteiger partial charge in [-0.2, -0.15) is 0 Å². The Morgan fingerprint density at radius 3 is 1.80 bits per heavy atom. The zero-order valence-corrected chi connectivity index (χ0v) is 9.58. The Morgan fingerprint density at radius 2 is 1.47 bits per heavy atom. The summed E-state index contributed by atoms with van der Waals surface area (Å²) in [6.07, 6.45) is -1.79. The normalized spacial score (nSPS) is 13.2. The number of rotatable bonds is 7. The molecule has 0 saturated heterocycles. The van der Waals surface area contributed by atoms with E-state index in [-0.39, 0.29) is 18.7 Å². The number of halogens is 3. The van der Waals surface area contributed by atoms with Crippen molar-refractivity contribution in [3.8, 4) is 0 Å². The van der Waals surface area contributed by atoms with Crippen molar-refractivity contribution in [2.45, 2.75) is 51.9 Å². The molecule has 0 radical (unpaired) electrons. The molecule has 0 fully saturated rings. The predicted octanol–water partition coefficient (Wildman–Crippen LogP) is 3.08. The van der Waals surface area contributed by atoms with Crippen LogP contribution in [0.1, 0.15) is 40.0 Å². The predicted molar refractivity (Wildman–Crippen MR) is 53.6 cm³/mol. The van der Waals surface area contributed by atoms with E-state index < -0.39 is 6.36 Å². The summed E-state index contributed by atoms with van der Waals surface area (Å²) in [6.45, 7) is 6.00. The number of ether oxygens (including phenoxy) is 1. The van der Waals surface area contributed by atoms with Gasteiger partial charge in [0.05, 0.1) is 6.61 Å². The topological polar surface area (TPSA) is 21.3 Å². The Labute approximate surface area is 89.2 Å². The summed E-state index contributed by atoms with van der Waals surface area (Å²) in [5.41, 5.74) is -0.0467. The third-order valence-electron chi connectivity index (χ3n) is 2.90. The van der Waals surface area contributed by atoms with Crippen molar-refractivity contribution in [2.75, 3.05) is 13.2 Å². The van der Waals surface area contributed by atoms with Crippen molar-refractivity contribution in [2.24, 2.45) is 0 Å². The van der Waals surface area contributed by atoms with Crippen LogP contribution in [0.4, 0.5) is 13.2 Å². The summed E-state index contributed by atoms with van der Waals surface area (Å²) in [4.78, 5) is 0. The van der Waals surface area contributed by atoms with Gasteiger partial charge in [0, 0.05) is 12.1 Å². The highest BCUT2D eigenvalue weighted by Crippen LogP contribution is 2.19. The Kier molecular flexibility index (Phi) is 6.20. The smallest absolute Gasteiger partial charge is 0.309 e. The number of alkyl halides is 3. The lowest BCUT2D eigenvalue weighted by molar-refractivity contribution is -0.323. The summed E-state index contributed by atoms with van der Waals surface area (Å²) in [5.74, 6) is 0. The fourth-order valence-electron chi connectivity index (χ4n) is 1.61. The lowest BCUT2D eigenvalue weighted by Gasteiger charge is -2.32. The Hall–Kier alpha value is -0.290. The molecule has 0 saturated carbocycles. The molecule has 0 rings (SSSR count). The van der Waals surface area contributed by atoms with Crippen LogP contribution in [-0.2, 0) is 4.74 Å². The summed E-state index contributed by atoms with van der Waals surface area (Å²) < 4.78 is 38.7. The summed E-state index contributed by atoms with van der Waals surface area (Å²) in [6, 6.07) is 0. The van der Waals surface area contributed by atoms with Crippen LogP contribution in [0.25, 0.3) is 0 Å². The van der Waals surface area contributed by atoms with Crippen LogP contribution in [0, 0.1) is 0 Å². The molecule has 5 heteroatoms. The molecule has 0 aromatic heterocycles. The van der Waals surface area contributed by atoms with E-state index in [1.807, 2.05) is 20.8 Å². The summed E-state index contributed by atoms with van der Waals surface area (Å²) in [7, 11) is 0. The molecule has 92 valence electrons. The lowest BCUT2D eigenvalue weighted by atomic mass is 9.90. The van der Waals surface area contributed by atoms with Crippen LogP contribution in [0.2, 0.25) is 0 Å². The molecule has 15 heavy (non-hydrogen) atoms. The van der Waals surface area contributed by atoms with Gasteiger partial charge in [-0.3, -0.25) is 4.74 Å². The first kappa shape index (κ1) is 14.7. The van der Waals surface area contributed by atoms with Crippen molar-refractivity contribution >= 4 is 0 Å². The molecule has 0 aromatic rings. The van der Waals surface area contributed by atoms with Gasteiger partial charge in [-0.05, 0) is 19.3 Å². The lowest BCUT2D eigenvalue weighted by Crippen LogP contribution is -2.45. The highest BCUT2D eigenvalue weighted by Gasteiger charge is 2.29. The van der Waals surface area contributed by atoms with Crippen LogP contribution in [-0.4, -0.2) is 25.1 Å². The van der Waals surface area contributed by atoms with E-state index in [0.717, 1.165) is 19.3 Å². The van der Waals surface area contributed by atoms with Crippen molar-refractivity contribution in [1.82, 2.24) is 5.32 Å². The van der Waals surface area contributed by atoms with Gasteiger partial charge in [0.25, 0.3) is 0 Å². The molecule has 1 N–H and O–H groups in total. The van der Waals surface area contributed by atoms with E-state index in [1.165, 1.54) is 0 Å². The van der Waals surface area contributed by atoms with Crippen molar-refractivity contribution in [3.05, 3.63) is 0 Å². The monoisotopic (exact) mass is 227 g/mol. The standard InChI is InChI=1S/C10H20F3NO/c1-4-9(5-2,6-3)14-7-8-15-10(11,12)13/h14H,4-8H2,1-3H3. The molecule has 0 bridgehead atoms. The Morgan fingerprint density at radius 1 is 1.00 bits per heavy atom. The molecule has 0 aromatic carbocycles. The zero-order chi connectivity index (χ0) is 11.9. The molecule has 0 heterocycles. The van der Waals surface area contributed by atoms with Gasteiger partial charge in [0.1, 0.15) is 0 Å². The first-order valence-corrected chi connectivity index (χ1v) is 5.35. The summed E-state index contributed by atoms with van der Waals surface area (Å²) in [5, 5.41) is 3.13. The van der Waals surface area contributed by atoms with Crippen LogP contribution in [0.5, 0.6) is 0 Å². The molecular weight excluding hydrogens is 207 g/mol. The van der Waals surface area contributed by atoms with E-state index in [1.54, 1.807) is 0 Å². The number of nitrogens with one attached hydrogen (secondary N) is 1. The van der Waals surface area contributed by atoms with E-state index in [4.69, 9.17) is 0 Å². The third kappa shape index (κ3) is 5.99. The average molecular weight is 227 g/mol. The van der Waals surface area contributed by atoms with Crippen molar-refractivity contribution < 1.29 is 17.9 Å². The molecule has 0 aliphatic heterocycles. The van der Waals surface area contributed by atoms with Crippen LogP contribution in [0.15, 0.2) is 0 Å². The molecular formula is C10H20F3NO. The van der Waals surface area contributed by atoms with E-state index in [2.05, 4.69) is 10.1 Å². The minimum Gasteiger partial charge on any atom is -0.309 e. The van der Waals surface area contributed by atoms with Crippen LogP contribution >= 0.6 is 0 Å². The molecule has 0 spiro atoms. The minimum atomic E-state index is -4.52. The Bertz CT molecular complexity index is 158. The second-order valence-corrected chi connectivity index (χ2v) is 3.56. The molecule has 2 nitrogen and oxygen atoms in total. The molecule has 0 aliphatic rings. The quantitative estimate of drug-likeness (QED) is 0.675. The van der Waals surface area contributed by atoms with E-state index in [0.29, 0.717) is 0 Å². The van der Waals surface area contributed by atoms with E-state index >= 15 is 0 Å². The van der Waals surface area contributed by atoms with Crippen LogP contribution in [0.3, 0.4) is 0 Å². The van der Waals surface area contributed by atoms with Gasteiger partial charge >= 0.3 is 6.36 Å². The van der Waals surface area contributed by atoms with Gasteiger partial charge in [-0.1, -0.05) is 20.8 Å². The van der Waals surface area contributed by atoms with Gasteiger partial charge < -0.3 is 5.32 Å². The molecule has 0 aliphatic carbocycles. The van der Waals surface area contributed by atoms with Gasteiger partial charge in [-0.15, -0.1) is 13.2 Å². The zero-order valence-electron chi connectivity index (χ0n) is 9.58. The summed E-state index contributed by atoms with van der Waals surface area (Å²) >= 11 is 0. The van der Waals surface area contributed by atoms with E-state index in [9.17, 15) is 13.2 Å². The van der Waals surface area contributed by atoms with Crippen LogP contribution < -0.4 is 5.32 Å². The average Bonchev–Trinajstić information content (AvgIpc) is 2.18. The maximum atomic E-state index is 11.7. The fraction of sp³-hybridized carbons (Fsp3) is 1.00. The fourth-order valence-corrected chi connectivity index (χ4v) is 1.61. The van der Waals surface area contributed by atoms with Crippen molar-refractivity contribution in [1.29, 1.82) is 0 Å². The maximum absolute atomic E-state index is 11.7. The second kappa shape index (κ2) is 6.33. The number of hydrogen-bond acceptors (Lipinski definition) is 2. The highest BCUT2D eigenvalue weighted by molar-refractivity contribution is 4.83. The van der Waals surface area contributed by atoms with Gasteiger partial charge in [-0.25, -0.2) is 0 Å². The molecule has 0 amide bonds. The highest BCUT2D eigenvalue weighted by atomic mass is 19.4. The van der Waals surface area contributed by atoms with Gasteiger partial charge in [0.2, 0.25) is 0 Å². The van der Waals surface area contributed by atoms with Gasteiger partial charge in [0.15, 0.2) is 0 Å². The Balaban J connectivity index is 3.82. The minimum absolute atomic E-state index is 0.0467. The first-order valence-electron chi connectivity index (χ1n) is 5.35. The second-order valence-electron chi connectivity index (χ2n) is 3.56. The molecule has 0 atom stereocenters. The largest absolute Gasteiger partial charge is 0.522 e. The SMILES string of the molecule is CCC(CC)(CC)NCCOC(F)(F)F. The van der Waals surface area contributed by atoms with Crippen molar-refractivity contribution in [3.63, 3.8) is 0 Å². The maximum Gasteiger partial charge on any atom is 0.522 e. The first-order chi connectivity index (χ1) is 6.89. The third-order valence-corrected chi connectivity index (χ3v) is 2.90. The molecule has 0 unspecified atom stereocenters.